The van der Waals surface area contributed by atoms with Crippen LogP contribution < -0.4 is 22.1 Å². The zero-order valence-corrected chi connectivity index (χ0v) is 19.8. The number of guanidine groups is 1. The zero-order chi connectivity index (χ0) is 24.1. The fraction of sp³-hybridized carbons (Fsp3) is 0.385. The number of carbonyl (C=O) groups excluding carboxylic acids is 1. The minimum absolute atomic E-state index is 0.0300. The second-order valence-corrected chi connectivity index (χ2v) is 9.09. The predicted molar refractivity (Wildman–Crippen MR) is 137 cm³/mol. The first-order valence-electron chi connectivity index (χ1n) is 11.9. The molecular weight excluding hydrogens is 426 g/mol. The van der Waals surface area contributed by atoms with E-state index in [2.05, 4.69) is 44.7 Å². The summed E-state index contributed by atoms with van der Waals surface area (Å²) in [6, 6.07) is 16.1. The molecule has 6 N–H and O–H groups in total. The zero-order valence-electron chi connectivity index (χ0n) is 19.8. The van der Waals surface area contributed by atoms with Crippen molar-refractivity contribution in [3.8, 4) is 0 Å². The van der Waals surface area contributed by atoms with Crippen molar-refractivity contribution in [3.05, 3.63) is 65.5 Å². The summed E-state index contributed by atoms with van der Waals surface area (Å²) < 4.78 is 0. The lowest BCUT2D eigenvalue weighted by atomic mass is 9.90. The molecule has 0 bridgehead atoms. The number of amides is 1. The molecule has 1 heterocycles. The standard InChI is InChI=1S/C26H33N7O/c1-16-12-13-20-19(14-16)23(31-21-10-6-7-11-22(21)32-26(27)28)33-24(30-20)25(34)29-15-17(2)18-8-4-3-5-9-18/h3-5,8-9,12-14,17,21-22H,6-7,10-11,15H2,1-2H3,(H,29,34)(H4,27,28,32)(H,30,31,33). The first-order chi connectivity index (χ1) is 16.4. The minimum atomic E-state index is -0.294. The number of rotatable bonds is 7. The molecule has 0 radical (unpaired) electrons. The van der Waals surface area contributed by atoms with E-state index < -0.39 is 0 Å². The van der Waals surface area contributed by atoms with Gasteiger partial charge in [-0.05, 0) is 43.4 Å². The SMILES string of the molecule is Cc1ccc2nc(C(=O)NCC(C)c3ccccc3)nc(NC3CCCCC3N=C(N)N)c2c1. The summed E-state index contributed by atoms with van der Waals surface area (Å²) in [5, 5.41) is 7.41. The molecule has 1 saturated carbocycles. The Morgan fingerprint density at radius 3 is 2.65 bits per heavy atom. The highest BCUT2D eigenvalue weighted by atomic mass is 16.2. The molecule has 8 heteroatoms. The van der Waals surface area contributed by atoms with Gasteiger partial charge in [-0.25, -0.2) is 15.0 Å². The van der Waals surface area contributed by atoms with Crippen LogP contribution in [0.5, 0.6) is 0 Å². The van der Waals surface area contributed by atoms with Crippen molar-refractivity contribution in [2.75, 3.05) is 11.9 Å². The topological polar surface area (TPSA) is 131 Å². The predicted octanol–water partition coefficient (Wildman–Crippen LogP) is 3.47. The molecule has 178 valence electrons. The third-order valence-corrected chi connectivity index (χ3v) is 6.36. The fourth-order valence-electron chi connectivity index (χ4n) is 4.48. The summed E-state index contributed by atoms with van der Waals surface area (Å²) in [6.07, 6.45) is 3.99. The summed E-state index contributed by atoms with van der Waals surface area (Å²) in [4.78, 5) is 26.7. The molecule has 2 aromatic carbocycles. The van der Waals surface area contributed by atoms with E-state index in [1.165, 1.54) is 5.56 Å². The van der Waals surface area contributed by atoms with Gasteiger partial charge in [-0.2, -0.15) is 0 Å². The van der Waals surface area contributed by atoms with Crippen molar-refractivity contribution in [1.82, 2.24) is 15.3 Å². The molecule has 3 unspecified atom stereocenters. The van der Waals surface area contributed by atoms with Crippen LogP contribution in [-0.2, 0) is 0 Å². The largest absolute Gasteiger partial charge is 0.370 e. The van der Waals surface area contributed by atoms with Gasteiger partial charge in [0.05, 0.1) is 17.6 Å². The molecule has 3 atom stereocenters. The van der Waals surface area contributed by atoms with E-state index in [0.29, 0.717) is 12.4 Å². The summed E-state index contributed by atoms with van der Waals surface area (Å²) in [6.45, 7) is 4.60. The van der Waals surface area contributed by atoms with Crippen LogP contribution >= 0.6 is 0 Å². The van der Waals surface area contributed by atoms with E-state index in [9.17, 15) is 4.79 Å². The number of aryl methyl sites for hydroxylation is 1. The van der Waals surface area contributed by atoms with Gasteiger partial charge >= 0.3 is 0 Å². The van der Waals surface area contributed by atoms with Gasteiger partial charge in [-0.15, -0.1) is 0 Å². The third kappa shape index (κ3) is 5.62. The lowest BCUT2D eigenvalue weighted by Crippen LogP contribution is -2.38. The number of aromatic nitrogens is 2. The van der Waals surface area contributed by atoms with Crippen molar-refractivity contribution in [2.45, 2.75) is 57.5 Å². The number of fused-ring (bicyclic) bond motifs is 1. The lowest BCUT2D eigenvalue weighted by Gasteiger charge is -2.30. The molecule has 0 saturated heterocycles. The number of hydrogen-bond acceptors (Lipinski definition) is 5. The van der Waals surface area contributed by atoms with Gasteiger partial charge in [-0.3, -0.25) is 4.79 Å². The summed E-state index contributed by atoms with van der Waals surface area (Å²) in [5.74, 6) is 0.756. The van der Waals surface area contributed by atoms with Gasteiger partial charge in [0.2, 0.25) is 5.82 Å². The van der Waals surface area contributed by atoms with Crippen LogP contribution in [-0.4, -0.2) is 40.5 Å². The molecular formula is C26H33N7O. The van der Waals surface area contributed by atoms with Crippen LogP contribution in [0.2, 0.25) is 0 Å². The Labute approximate surface area is 200 Å². The fourth-order valence-corrected chi connectivity index (χ4v) is 4.48. The Kier molecular flexibility index (Phi) is 7.25. The van der Waals surface area contributed by atoms with E-state index in [-0.39, 0.29) is 35.7 Å². The maximum Gasteiger partial charge on any atom is 0.289 e. The van der Waals surface area contributed by atoms with E-state index in [1.54, 1.807) is 0 Å². The number of nitrogens with two attached hydrogens (primary N) is 2. The van der Waals surface area contributed by atoms with Crippen molar-refractivity contribution in [3.63, 3.8) is 0 Å². The highest BCUT2D eigenvalue weighted by molar-refractivity contribution is 5.96. The minimum Gasteiger partial charge on any atom is -0.370 e. The maximum absolute atomic E-state index is 13.0. The molecule has 8 nitrogen and oxygen atoms in total. The Bertz CT molecular complexity index is 1170. The highest BCUT2D eigenvalue weighted by Crippen LogP contribution is 2.28. The summed E-state index contributed by atoms with van der Waals surface area (Å²) in [7, 11) is 0. The summed E-state index contributed by atoms with van der Waals surface area (Å²) in [5.41, 5.74) is 14.3. The van der Waals surface area contributed by atoms with Gasteiger partial charge in [0.15, 0.2) is 5.96 Å². The number of carbonyl (C=O) groups is 1. The first kappa shape index (κ1) is 23.5. The molecule has 4 rings (SSSR count). The van der Waals surface area contributed by atoms with Crippen molar-refractivity contribution in [1.29, 1.82) is 0 Å². The second-order valence-electron chi connectivity index (χ2n) is 9.09. The van der Waals surface area contributed by atoms with Gasteiger partial charge in [0.25, 0.3) is 5.91 Å². The van der Waals surface area contributed by atoms with E-state index in [0.717, 1.165) is 42.1 Å². The molecule has 34 heavy (non-hydrogen) atoms. The van der Waals surface area contributed by atoms with Crippen LogP contribution in [0.15, 0.2) is 53.5 Å². The Balaban J connectivity index is 1.59. The van der Waals surface area contributed by atoms with Crippen LogP contribution in [0.1, 0.15) is 60.3 Å². The quantitative estimate of drug-likeness (QED) is 0.316. The van der Waals surface area contributed by atoms with Gasteiger partial charge < -0.3 is 22.1 Å². The second kappa shape index (κ2) is 10.5. The number of aliphatic imine (C=N–C) groups is 1. The molecule has 0 spiro atoms. The number of nitrogens with one attached hydrogen (secondary N) is 2. The molecule has 3 aromatic rings. The smallest absolute Gasteiger partial charge is 0.289 e. The van der Waals surface area contributed by atoms with Crippen LogP contribution in [0.3, 0.4) is 0 Å². The average molecular weight is 460 g/mol. The number of nitrogens with zero attached hydrogens (tertiary/aromatic N) is 3. The Morgan fingerprint density at radius 2 is 1.88 bits per heavy atom. The molecule has 1 aromatic heterocycles. The summed E-state index contributed by atoms with van der Waals surface area (Å²) >= 11 is 0. The Morgan fingerprint density at radius 1 is 1.12 bits per heavy atom. The lowest BCUT2D eigenvalue weighted by molar-refractivity contribution is 0.0941. The van der Waals surface area contributed by atoms with Crippen molar-refractivity contribution >= 4 is 28.6 Å². The third-order valence-electron chi connectivity index (χ3n) is 6.36. The normalized spacial score (nSPS) is 18.8. The molecule has 1 amide bonds. The first-order valence-corrected chi connectivity index (χ1v) is 11.9. The van der Waals surface area contributed by atoms with Crippen LogP contribution in [0.4, 0.5) is 5.82 Å². The highest BCUT2D eigenvalue weighted by Gasteiger charge is 2.26. The molecule has 1 aliphatic rings. The van der Waals surface area contributed by atoms with E-state index in [1.807, 2.05) is 43.3 Å². The Hall–Kier alpha value is -3.68. The van der Waals surface area contributed by atoms with Crippen LogP contribution in [0, 0.1) is 6.92 Å². The number of benzene rings is 2. The van der Waals surface area contributed by atoms with Gasteiger partial charge in [-0.1, -0.05) is 61.7 Å². The van der Waals surface area contributed by atoms with Crippen LogP contribution in [0.25, 0.3) is 10.9 Å². The monoisotopic (exact) mass is 459 g/mol. The van der Waals surface area contributed by atoms with Crippen molar-refractivity contribution < 1.29 is 4.79 Å². The van der Waals surface area contributed by atoms with Gasteiger partial charge in [0.1, 0.15) is 5.82 Å². The maximum atomic E-state index is 13.0. The molecule has 0 aliphatic heterocycles. The number of anilines is 1. The average Bonchev–Trinajstić information content (AvgIpc) is 2.84. The van der Waals surface area contributed by atoms with E-state index >= 15 is 0 Å². The molecule has 1 aliphatic carbocycles. The van der Waals surface area contributed by atoms with Crippen molar-refractivity contribution in [2.24, 2.45) is 16.5 Å². The van der Waals surface area contributed by atoms with Gasteiger partial charge in [0, 0.05) is 11.9 Å². The molecule has 1 fully saturated rings. The number of hydrogen-bond donors (Lipinski definition) is 4. The van der Waals surface area contributed by atoms with E-state index in [4.69, 9.17) is 11.5 Å².